The zero-order chi connectivity index (χ0) is 11.4. The van der Waals surface area contributed by atoms with Gasteiger partial charge in [-0.3, -0.25) is 10.2 Å². The predicted octanol–water partition coefficient (Wildman–Crippen LogP) is 2.57. The number of hydrogen-bond donors (Lipinski definition) is 1. The summed E-state index contributed by atoms with van der Waals surface area (Å²) in [5, 5.41) is 19.0. The molecule has 5 nitrogen and oxygen atoms in total. The van der Waals surface area contributed by atoms with E-state index in [1.54, 1.807) is 36.7 Å². The lowest BCUT2D eigenvalue weighted by Gasteiger charge is -2.21. The summed E-state index contributed by atoms with van der Waals surface area (Å²) in [6, 6.07) is 9.56. The zero-order valence-electron chi connectivity index (χ0n) is 8.28. The van der Waals surface area contributed by atoms with E-state index in [1.807, 2.05) is 0 Å². The highest BCUT2D eigenvalue weighted by Gasteiger charge is 1.97. The fourth-order valence-corrected chi connectivity index (χ4v) is 1.18. The first-order valence-corrected chi connectivity index (χ1v) is 4.60. The molecule has 0 radical (unpaired) electrons. The molecule has 5 heteroatoms. The molecular formula is C11H9N2O3-. The maximum atomic E-state index is 10.5. The van der Waals surface area contributed by atoms with Gasteiger partial charge in [0, 0.05) is 12.4 Å². The number of nitrogens with zero attached hydrogens (tertiary/aromatic N) is 2. The molecule has 0 fully saturated rings. The molecule has 0 aliphatic heterocycles. The van der Waals surface area contributed by atoms with Crippen LogP contribution in [-0.4, -0.2) is 10.2 Å². The highest BCUT2D eigenvalue weighted by atomic mass is 16.8. The van der Waals surface area contributed by atoms with Crippen LogP contribution in [0.15, 0.2) is 48.8 Å². The number of aromatic nitrogens is 1. The summed E-state index contributed by atoms with van der Waals surface area (Å²) in [5.41, 5.74) is 0.155. The average Bonchev–Trinajstić information content (AvgIpc) is 2.31. The summed E-state index contributed by atoms with van der Waals surface area (Å²) >= 11 is 0. The topological polar surface area (TPSA) is 68.7 Å². The van der Waals surface area contributed by atoms with Gasteiger partial charge in [0.2, 0.25) is 0 Å². The van der Waals surface area contributed by atoms with Gasteiger partial charge in [0.25, 0.3) is 0 Å². The fraction of sp³-hybridized carbons (Fsp3) is 0. The number of rotatable bonds is 3. The van der Waals surface area contributed by atoms with Crippen LogP contribution in [0.3, 0.4) is 0 Å². The van der Waals surface area contributed by atoms with Gasteiger partial charge < -0.3 is 15.2 Å². The molecule has 2 aromatic rings. The van der Waals surface area contributed by atoms with Gasteiger partial charge in [-0.05, 0) is 36.4 Å². The zero-order valence-corrected chi connectivity index (χ0v) is 8.28. The smallest absolute Gasteiger partial charge is 0.130 e. The van der Waals surface area contributed by atoms with Crippen molar-refractivity contribution in [3.63, 3.8) is 0 Å². The highest BCUT2D eigenvalue weighted by molar-refractivity contribution is 5.47. The number of anilines is 1. The summed E-state index contributed by atoms with van der Waals surface area (Å²) in [5.74, 6) is 1.24. The number of ether oxygens (including phenoxy) is 1. The Morgan fingerprint density at radius 2 is 1.56 bits per heavy atom. The molecule has 0 bridgehead atoms. The van der Waals surface area contributed by atoms with E-state index in [1.165, 1.54) is 12.1 Å². The Kier molecular flexibility index (Phi) is 3.00. The van der Waals surface area contributed by atoms with Crippen molar-refractivity contribution in [3.8, 4) is 11.5 Å². The van der Waals surface area contributed by atoms with Gasteiger partial charge in [-0.1, -0.05) is 0 Å². The Labute approximate surface area is 92.1 Å². The Hall–Kier alpha value is -2.11. The molecule has 1 heterocycles. The Balaban J connectivity index is 2.11. The van der Waals surface area contributed by atoms with E-state index < -0.39 is 0 Å². The van der Waals surface area contributed by atoms with Crippen LogP contribution in [0, 0.1) is 5.21 Å². The van der Waals surface area contributed by atoms with Crippen molar-refractivity contribution in [2.45, 2.75) is 0 Å². The van der Waals surface area contributed by atoms with Crippen molar-refractivity contribution in [1.82, 2.24) is 4.98 Å². The number of pyridine rings is 1. The third-order valence-electron chi connectivity index (χ3n) is 1.94. The van der Waals surface area contributed by atoms with Crippen molar-refractivity contribution in [2.75, 3.05) is 5.23 Å². The summed E-state index contributed by atoms with van der Waals surface area (Å²) < 4.78 is 5.47. The van der Waals surface area contributed by atoms with Gasteiger partial charge in [0.05, 0.1) is 5.69 Å². The maximum Gasteiger partial charge on any atom is 0.130 e. The van der Waals surface area contributed by atoms with Gasteiger partial charge in [-0.25, -0.2) is 0 Å². The van der Waals surface area contributed by atoms with Gasteiger partial charge in [0.15, 0.2) is 0 Å². The molecule has 0 aliphatic carbocycles. The van der Waals surface area contributed by atoms with E-state index in [4.69, 9.17) is 9.94 Å². The first kappa shape index (κ1) is 10.4. The second-order valence-electron chi connectivity index (χ2n) is 3.05. The molecule has 0 atom stereocenters. The Bertz CT molecular complexity index is 443. The van der Waals surface area contributed by atoms with Crippen LogP contribution < -0.4 is 9.96 Å². The van der Waals surface area contributed by atoms with Gasteiger partial charge >= 0.3 is 0 Å². The van der Waals surface area contributed by atoms with Crippen molar-refractivity contribution in [3.05, 3.63) is 54.0 Å². The van der Waals surface area contributed by atoms with Crippen LogP contribution in [0.4, 0.5) is 5.69 Å². The fourth-order valence-electron chi connectivity index (χ4n) is 1.18. The summed E-state index contributed by atoms with van der Waals surface area (Å²) in [7, 11) is 0. The van der Waals surface area contributed by atoms with E-state index in [9.17, 15) is 5.21 Å². The minimum absolute atomic E-state index is 0.155. The molecule has 0 amide bonds. The number of benzene rings is 1. The second kappa shape index (κ2) is 4.61. The largest absolute Gasteiger partial charge is 0.733 e. The third kappa shape index (κ3) is 2.47. The molecule has 0 aliphatic rings. The summed E-state index contributed by atoms with van der Waals surface area (Å²) in [4.78, 5) is 3.86. The van der Waals surface area contributed by atoms with Crippen LogP contribution >= 0.6 is 0 Å². The normalized spacial score (nSPS) is 9.88. The summed E-state index contributed by atoms with van der Waals surface area (Å²) in [6.07, 6.45) is 3.24. The molecule has 1 aromatic heterocycles. The molecule has 1 N–H and O–H groups in total. The van der Waals surface area contributed by atoms with Gasteiger partial charge in [-0.2, -0.15) is 0 Å². The first-order chi connectivity index (χ1) is 7.75. The van der Waals surface area contributed by atoms with Gasteiger partial charge in [-0.15, -0.1) is 0 Å². The second-order valence-corrected chi connectivity index (χ2v) is 3.05. The van der Waals surface area contributed by atoms with Crippen LogP contribution in [-0.2, 0) is 0 Å². The average molecular weight is 217 g/mol. The number of hydrogen-bond acceptors (Lipinski definition) is 5. The maximum absolute atomic E-state index is 10.5. The van der Waals surface area contributed by atoms with Crippen molar-refractivity contribution in [1.29, 1.82) is 0 Å². The highest BCUT2D eigenvalue weighted by Crippen LogP contribution is 2.22. The Morgan fingerprint density at radius 1 is 1.00 bits per heavy atom. The lowest BCUT2D eigenvalue weighted by molar-refractivity contribution is 0.296. The molecule has 1 aromatic carbocycles. The molecule has 0 unspecified atom stereocenters. The molecule has 0 spiro atoms. The molecule has 0 saturated carbocycles. The van der Waals surface area contributed by atoms with Crippen LogP contribution in [0.2, 0.25) is 0 Å². The van der Waals surface area contributed by atoms with E-state index in [-0.39, 0.29) is 10.9 Å². The quantitative estimate of drug-likeness (QED) is 0.800. The first-order valence-electron chi connectivity index (χ1n) is 4.60. The molecular weight excluding hydrogens is 208 g/mol. The molecule has 82 valence electrons. The van der Waals surface area contributed by atoms with Crippen molar-refractivity contribution in [2.24, 2.45) is 0 Å². The lowest BCUT2D eigenvalue weighted by Crippen LogP contribution is -2.06. The summed E-state index contributed by atoms with van der Waals surface area (Å²) in [6.45, 7) is 0. The SMILES string of the molecule is [O-]N(O)c1ccc(Oc2ccncc2)cc1. The minimum atomic E-state index is -0.198. The van der Waals surface area contributed by atoms with Crippen molar-refractivity contribution >= 4 is 5.69 Å². The van der Waals surface area contributed by atoms with E-state index in [2.05, 4.69) is 4.98 Å². The van der Waals surface area contributed by atoms with Gasteiger partial charge in [0.1, 0.15) is 11.5 Å². The molecule has 0 saturated heterocycles. The van der Waals surface area contributed by atoms with E-state index in [0.29, 0.717) is 11.5 Å². The van der Waals surface area contributed by atoms with E-state index in [0.717, 1.165) is 0 Å². The lowest BCUT2D eigenvalue weighted by atomic mass is 10.3. The minimum Gasteiger partial charge on any atom is -0.733 e. The monoisotopic (exact) mass is 217 g/mol. The van der Waals surface area contributed by atoms with Crippen LogP contribution in [0.25, 0.3) is 0 Å². The van der Waals surface area contributed by atoms with Crippen LogP contribution in [0.1, 0.15) is 0 Å². The Morgan fingerprint density at radius 3 is 2.12 bits per heavy atom. The molecule has 2 rings (SSSR count). The van der Waals surface area contributed by atoms with Crippen molar-refractivity contribution < 1.29 is 9.94 Å². The third-order valence-corrected chi connectivity index (χ3v) is 1.94. The predicted molar refractivity (Wildman–Crippen MR) is 58.4 cm³/mol. The van der Waals surface area contributed by atoms with E-state index >= 15 is 0 Å². The molecule has 16 heavy (non-hydrogen) atoms. The standard InChI is InChI=1S/C11H9N2O3/c14-13(15)9-1-3-10(4-2-9)16-11-5-7-12-8-6-11/h1-8,14H/q-1. The van der Waals surface area contributed by atoms with Crippen LogP contribution in [0.5, 0.6) is 11.5 Å².